The molecule has 0 radical (unpaired) electrons. The molecule has 0 saturated carbocycles. The van der Waals surface area contributed by atoms with E-state index in [0.717, 1.165) is 21.5 Å². The molecule has 0 bridgehead atoms. The zero-order valence-electron chi connectivity index (χ0n) is 9.94. The van der Waals surface area contributed by atoms with Crippen molar-refractivity contribution in [2.24, 2.45) is 0 Å². The standard InChI is InChI=1S/C13H12Br2O2S/c1-16-11-5-9(10(14)6-12(11)17-2)13(15)8-3-4-18-7-8/h3-7,13H,1-2H3. The molecule has 18 heavy (non-hydrogen) atoms. The Hall–Kier alpha value is -0.520. The Morgan fingerprint density at radius 2 is 1.83 bits per heavy atom. The number of alkyl halides is 1. The van der Waals surface area contributed by atoms with Gasteiger partial charge in [0.25, 0.3) is 0 Å². The second-order valence-electron chi connectivity index (χ2n) is 3.65. The minimum Gasteiger partial charge on any atom is -0.493 e. The van der Waals surface area contributed by atoms with Crippen molar-refractivity contribution in [1.29, 1.82) is 0 Å². The van der Waals surface area contributed by atoms with E-state index < -0.39 is 0 Å². The summed E-state index contributed by atoms with van der Waals surface area (Å²) >= 11 is 8.97. The van der Waals surface area contributed by atoms with E-state index in [2.05, 4.69) is 48.7 Å². The molecule has 1 atom stereocenters. The minimum atomic E-state index is 0.137. The molecule has 0 spiro atoms. The van der Waals surface area contributed by atoms with Gasteiger partial charge < -0.3 is 9.47 Å². The average molecular weight is 392 g/mol. The summed E-state index contributed by atoms with van der Waals surface area (Å²) in [6.45, 7) is 0. The van der Waals surface area contributed by atoms with Crippen LogP contribution >= 0.6 is 43.2 Å². The van der Waals surface area contributed by atoms with Crippen molar-refractivity contribution >= 4 is 43.2 Å². The van der Waals surface area contributed by atoms with Gasteiger partial charge >= 0.3 is 0 Å². The Labute approximate surface area is 127 Å². The van der Waals surface area contributed by atoms with E-state index in [9.17, 15) is 0 Å². The quantitative estimate of drug-likeness (QED) is 0.681. The molecule has 5 heteroatoms. The highest BCUT2D eigenvalue weighted by molar-refractivity contribution is 9.11. The summed E-state index contributed by atoms with van der Waals surface area (Å²) in [6, 6.07) is 6.02. The van der Waals surface area contributed by atoms with Crippen LogP contribution in [0.3, 0.4) is 0 Å². The SMILES string of the molecule is COc1cc(Br)c(C(Br)c2ccsc2)cc1OC. The molecule has 96 valence electrons. The van der Waals surface area contributed by atoms with Crippen molar-refractivity contribution in [3.8, 4) is 11.5 Å². The number of hydrogen-bond acceptors (Lipinski definition) is 3. The highest BCUT2D eigenvalue weighted by atomic mass is 79.9. The Kier molecular flexibility index (Phi) is 4.70. The van der Waals surface area contributed by atoms with Gasteiger partial charge in [-0.1, -0.05) is 31.9 Å². The molecule has 0 aliphatic heterocycles. The van der Waals surface area contributed by atoms with Gasteiger partial charge in [-0.15, -0.1) is 0 Å². The number of rotatable bonds is 4. The third-order valence-electron chi connectivity index (χ3n) is 2.61. The normalized spacial score (nSPS) is 12.2. The third kappa shape index (κ3) is 2.73. The van der Waals surface area contributed by atoms with Gasteiger partial charge in [0.1, 0.15) is 0 Å². The second kappa shape index (κ2) is 6.08. The van der Waals surface area contributed by atoms with Crippen molar-refractivity contribution in [3.63, 3.8) is 0 Å². The van der Waals surface area contributed by atoms with Crippen molar-refractivity contribution in [2.45, 2.75) is 4.83 Å². The van der Waals surface area contributed by atoms with Crippen LogP contribution in [0.15, 0.2) is 33.4 Å². The molecular formula is C13H12Br2O2S. The molecule has 2 rings (SSSR count). The van der Waals surface area contributed by atoms with Crippen LogP contribution in [-0.4, -0.2) is 14.2 Å². The van der Waals surface area contributed by atoms with Gasteiger partial charge in [-0.3, -0.25) is 0 Å². The second-order valence-corrected chi connectivity index (χ2v) is 6.20. The monoisotopic (exact) mass is 390 g/mol. The molecular weight excluding hydrogens is 380 g/mol. The van der Waals surface area contributed by atoms with Crippen LogP contribution in [0, 0.1) is 0 Å². The highest BCUT2D eigenvalue weighted by Gasteiger charge is 2.17. The molecule has 1 unspecified atom stereocenters. The van der Waals surface area contributed by atoms with Gasteiger partial charge in [0, 0.05) is 4.47 Å². The summed E-state index contributed by atoms with van der Waals surface area (Å²) < 4.78 is 11.6. The van der Waals surface area contributed by atoms with Crippen molar-refractivity contribution < 1.29 is 9.47 Å². The zero-order chi connectivity index (χ0) is 13.1. The lowest BCUT2D eigenvalue weighted by Crippen LogP contribution is -1.97. The highest BCUT2D eigenvalue weighted by Crippen LogP contribution is 2.41. The summed E-state index contributed by atoms with van der Waals surface area (Å²) in [5.41, 5.74) is 2.35. The maximum atomic E-state index is 5.34. The number of hydrogen-bond donors (Lipinski definition) is 0. The molecule has 2 aromatic rings. The fourth-order valence-electron chi connectivity index (χ4n) is 1.66. The van der Waals surface area contributed by atoms with Gasteiger partial charge in [0.2, 0.25) is 0 Å². The number of methoxy groups -OCH3 is 2. The lowest BCUT2D eigenvalue weighted by molar-refractivity contribution is 0.354. The van der Waals surface area contributed by atoms with E-state index in [-0.39, 0.29) is 4.83 Å². The van der Waals surface area contributed by atoms with Gasteiger partial charge in [-0.2, -0.15) is 11.3 Å². The fraction of sp³-hybridized carbons (Fsp3) is 0.231. The van der Waals surface area contributed by atoms with E-state index in [0.29, 0.717) is 0 Å². The number of benzene rings is 1. The van der Waals surface area contributed by atoms with Crippen LogP contribution in [0.25, 0.3) is 0 Å². The minimum absolute atomic E-state index is 0.137. The van der Waals surface area contributed by atoms with Gasteiger partial charge in [0.15, 0.2) is 11.5 Å². The van der Waals surface area contributed by atoms with E-state index in [4.69, 9.17) is 9.47 Å². The summed E-state index contributed by atoms with van der Waals surface area (Å²) in [7, 11) is 3.28. The van der Waals surface area contributed by atoms with Crippen molar-refractivity contribution in [2.75, 3.05) is 14.2 Å². The topological polar surface area (TPSA) is 18.5 Å². The predicted molar refractivity (Wildman–Crippen MR) is 82.3 cm³/mol. The Balaban J connectivity index is 2.45. The summed E-state index contributed by atoms with van der Waals surface area (Å²) in [5, 5.41) is 4.20. The lowest BCUT2D eigenvalue weighted by Gasteiger charge is -2.15. The number of thiophene rings is 1. The summed E-state index contributed by atoms with van der Waals surface area (Å²) in [4.78, 5) is 0.137. The molecule has 0 saturated heterocycles. The zero-order valence-corrected chi connectivity index (χ0v) is 13.9. The van der Waals surface area contributed by atoms with E-state index >= 15 is 0 Å². The maximum Gasteiger partial charge on any atom is 0.161 e. The van der Waals surface area contributed by atoms with Gasteiger partial charge in [0.05, 0.1) is 19.0 Å². The number of ether oxygens (including phenoxy) is 2. The maximum absolute atomic E-state index is 5.34. The molecule has 0 aliphatic carbocycles. The summed E-state index contributed by atoms with van der Waals surface area (Å²) in [6.07, 6.45) is 0. The van der Waals surface area contributed by atoms with Crippen LogP contribution in [0.5, 0.6) is 11.5 Å². The first-order chi connectivity index (χ1) is 8.67. The molecule has 1 heterocycles. The molecule has 0 fully saturated rings. The van der Waals surface area contributed by atoms with Crippen LogP contribution < -0.4 is 9.47 Å². The first-order valence-electron chi connectivity index (χ1n) is 5.25. The van der Waals surface area contributed by atoms with Crippen LogP contribution in [0.1, 0.15) is 16.0 Å². The van der Waals surface area contributed by atoms with Crippen molar-refractivity contribution in [1.82, 2.24) is 0 Å². The molecule has 0 amide bonds. The molecule has 2 nitrogen and oxygen atoms in total. The van der Waals surface area contributed by atoms with E-state index in [1.54, 1.807) is 25.6 Å². The average Bonchev–Trinajstić information content (AvgIpc) is 2.91. The van der Waals surface area contributed by atoms with Crippen molar-refractivity contribution in [3.05, 3.63) is 44.6 Å². The fourth-order valence-corrected chi connectivity index (χ4v) is 4.05. The van der Waals surface area contributed by atoms with Crippen LogP contribution in [-0.2, 0) is 0 Å². The summed E-state index contributed by atoms with van der Waals surface area (Å²) in [5.74, 6) is 1.45. The Morgan fingerprint density at radius 3 is 2.39 bits per heavy atom. The van der Waals surface area contributed by atoms with Gasteiger partial charge in [-0.25, -0.2) is 0 Å². The Bertz CT molecular complexity index is 526. The van der Waals surface area contributed by atoms with E-state index in [1.807, 2.05) is 12.1 Å². The van der Waals surface area contributed by atoms with E-state index in [1.165, 1.54) is 5.56 Å². The molecule has 0 aliphatic rings. The first-order valence-corrected chi connectivity index (χ1v) is 7.90. The molecule has 0 N–H and O–H groups in total. The smallest absolute Gasteiger partial charge is 0.161 e. The molecule has 1 aromatic heterocycles. The van der Waals surface area contributed by atoms with Gasteiger partial charge in [-0.05, 0) is 40.1 Å². The lowest BCUT2D eigenvalue weighted by atomic mass is 10.1. The van der Waals surface area contributed by atoms with Crippen LogP contribution in [0.4, 0.5) is 0 Å². The largest absolute Gasteiger partial charge is 0.493 e. The third-order valence-corrected chi connectivity index (χ3v) is 5.02. The van der Waals surface area contributed by atoms with Crippen LogP contribution in [0.2, 0.25) is 0 Å². The number of halogens is 2. The molecule has 1 aromatic carbocycles. The predicted octanol–water partition coefficient (Wildman–Crippen LogP) is 5.01. The first kappa shape index (κ1) is 13.9. The Morgan fingerprint density at radius 1 is 1.17 bits per heavy atom.